The van der Waals surface area contributed by atoms with E-state index in [1.54, 1.807) is 6.08 Å². The van der Waals surface area contributed by atoms with E-state index in [9.17, 15) is 19.4 Å². The summed E-state index contributed by atoms with van der Waals surface area (Å²) in [7, 11) is -4.35. The molecule has 9 heteroatoms. The van der Waals surface area contributed by atoms with Crippen LogP contribution < -0.4 is 11.1 Å². The lowest BCUT2D eigenvalue weighted by Gasteiger charge is -2.23. The maximum atomic E-state index is 12.7. The fourth-order valence-corrected chi connectivity index (χ4v) is 6.45. The van der Waals surface area contributed by atoms with Crippen molar-refractivity contribution in [2.75, 3.05) is 19.8 Å². The minimum absolute atomic E-state index is 0.0699. The van der Waals surface area contributed by atoms with Crippen molar-refractivity contribution >= 4 is 13.7 Å². The number of hydrogen-bond acceptors (Lipinski definition) is 6. The average Bonchev–Trinajstić information content (AvgIpc) is 3.12. The monoisotopic (exact) mass is 739 g/mol. The van der Waals surface area contributed by atoms with Crippen molar-refractivity contribution in [3.05, 3.63) is 48.6 Å². The molecule has 0 radical (unpaired) electrons. The molecule has 298 valence electrons. The summed E-state index contributed by atoms with van der Waals surface area (Å²) in [6.45, 7) is 4.07. The Balaban J connectivity index is 4.31. The van der Waals surface area contributed by atoms with Crippen LogP contribution in [-0.2, 0) is 18.4 Å². The van der Waals surface area contributed by atoms with Crippen molar-refractivity contribution in [3.63, 3.8) is 0 Å². The van der Waals surface area contributed by atoms with Crippen molar-refractivity contribution in [1.29, 1.82) is 0 Å². The van der Waals surface area contributed by atoms with E-state index in [0.717, 1.165) is 51.4 Å². The Kier molecular flexibility index (Phi) is 37.0. The number of carbonyl (C=O) groups is 1. The number of aliphatic hydroxyl groups is 1. The van der Waals surface area contributed by atoms with Gasteiger partial charge in [0.2, 0.25) is 5.91 Å². The molecule has 0 rings (SSSR count). The lowest BCUT2D eigenvalue weighted by molar-refractivity contribution is -0.123. The van der Waals surface area contributed by atoms with Gasteiger partial charge in [0, 0.05) is 13.0 Å². The maximum absolute atomic E-state index is 12.7. The first-order chi connectivity index (χ1) is 24.9. The Morgan fingerprint density at radius 3 is 1.53 bits per heavy atom. The Bertz CT molecular complexity index is 938. The second-order valence-corrected chi connectivity index (χ2v) is 15.3. The molecule has 0 heterocycles. The summed E-state index contributed by atoms with van der Waals surface area (Å²) in [5.41, 5.74) is 5.36. The van der Waals surface area contributed by atoms with Gasteiger partial charge in [-0.2, -0.15) is 0 Å². The van der Waals surface area contributed by atoms with Gasteiger partial charge in [0.15, 0.2) is 0 Å². The largest absolute Gasteiger partial charge is 0.472 e. The molecule has 0 bridgehead atoms. The van der Waals surface area contributed by atoms with Gasteiger partial charge >= 0.3 is 7.82 Å². The number of nitrogens with two attached hydrogens (primary N) is 1. The molecular formula is C42H79N2O6P. The first-order valence-corrected chi connectivity index (χ1v) is 22.3. The van der Waals surface area contributed by atoms with Crippen molar-refractivity contribution in [3.8, 4) is 0 Å². The number of unbranched alkanes of at least 4 members (excludes halogenated alkanes) is 20. The highest BCUT2D eigenvalue weighted by Crippen LogP contribution is 2.43. The number of nitrogens with one attached hydrogen (secondary N) is 1. The van der Waals surface area contributed by atoms with E-state index in [2.05, 4.69) is 55.6 Å². The first-order valence-electron chi connectivity index (χ1n) is 20.8. The quantitative estimate of drug-likeness (QED) is 0.0282. The molecule has 0 aliphatic rings. The molecule has 0 saturated carbocycles. The standard InChI is InChI=1S/C42H79N2O6P/c1-3-5-7-9-11-13-15-17-19-20-21-22-24-26-28-30-32-34-36-42(46)44-40(39-50-51(47,48)49-38-37-43)41(45)35-33-31-29-27-25-23-18-16-14-12-10-8-6-4-2/h14,16,19-20,25,27,33,35,40-41,45H,3-13,15,17-18,21-24,26,28-32,34,36-39,43H2,1-2H3,(H,44,46)(H,47,48)/b16-14+,20-19-,27-25+,35-33+. The van der Waals surface area contributed by atoms with Gasteiger partial charge in [-0.05, 0) is 70.6 Å². The van der Waals surface area contributed by atoms with E-state index in [0.29, 0.717) is 6.42 Å². The van der Waals surface area contributed by atoms with Crippen LogP contribution in [0.25, 0.3) is 0 Å². The fraction of sp³-hybridized carbons (Fsp3) is 0.786. The third-order valence-corrected chi connectivity index (χ3v) is 9.84. The van der Waals surface area contributed by atoms with E-state index in [1.165, 1.54) is 109 Å². The summed E-state index contributed by atoms with van der Waals surface area (Å²) >= 11 is 0. The molecule has 3 unspecified atom stereocenters. The summed E-state index contributed by atoms with van der Waals surface area (Å²) < 4.78 is 22.1. The van der Waals surface area contributed by atoms with E-state index in [4.69, 9.17) is 14.8 Å². The first kappa shape index (κ1) is 49.5. The smallest absolute Gasteiger partial charge is 0.387 e. The number of phosphoric acid groups is 1. The molecule has 0 aromatic rings. The number of amides is 1. The molecule has 0 aromatic heterocycles. The van der Waals surface area contributed by atoms with Crippen LogP contribution in [0.4, 0.5) is 0 Å². The Morgan fingerprint density at radius 1 is 0.627 bits per heavy atom. The Hall–Kier alpha value is -1.54. The zero-order valence-corrected chi connectivity index (χ0v) is 33.7. The highest BCUT2D eigenvalue weighted by Gasteiger charge is 2.26. The summed E-state index contributed by atoms with van der Waals surface area (Å²) in [4.78, 5) is 22.6. The highest BCUT2D eigenvalue weighted by molar-refractivity contribution is 7.47. The predicted octanol–water partition coefficient (Wildman–Crippen LogP) is 11.3. The SMILES string of the molecule is CCCCCC/C=C/CC/C=C/CC/C=C/C(O)C(COP(=O)(O)OCCN)NC(=O)CCCCCCCCC/C=C\CCCCCCCCC. The zero-order chi connectivity index (χ0) is 37.5. The van der Waals surface area contributed by atoms with Crippen LogP contribution in [0, 0.1) is 0 Å². The average molecular weight is 739 g/mol. The maximum Gasteiger partial charge on any atom is 0.472 e. The molecule has 0 fully saturated rings. The van der Waals surface area contributed by atoms with Crippen LogP contribution in [0.2, 0.25) is 0 Å². The van der Waals surface area contributed by atoms with Crippen LogP contribution >= 0.6 is 7.82 Å². The molecule has 0 aliphatic heterocycles. The van der Waals surface area contributed by atoms with E-state index < -0.39 is 20.0 Å². The van der Waals surface area contributed by atoms with Gasteiger partial charge in [-0.15, -0.1) is 0 Å². The Morgan fingerprint density at radius 2 is 1.04 bits per heavy atom. The van der Waals surface area contributed by atoms with Crippen LogP contribution in [0.1, 0.15) is 181 Å². The topological polar surface area (TPSA) is 131 Å². The van der Waals surface area contributed by atoms with Crippen molar-refractivity contribution in [2.45, 2.75) is 193 Å². The molecule has 0 aliphatic carbocycles. The molecule has 51 heavy (non-hydrogen) atoms. The van der Waals surface area contributed by atoms with E-state index in [1.807, 2.05) is 6.08 Å². The second-order valence-electron chi connectivity index (χ2n) is 13.8. The lowest BCUT2D eigenvalue weighted by Crippen LogP contribution is -2.45. The van der Waals surface area contributed by atoms with E-state index >= 15 is 0 Å². The third-order valence-electron chi connectivity index (χ3n) is 8.85. The van der Waals surface area contributed by atoms with Crippen LogP contribution in [0.3, 0.4) is 0 Å². The van der Waals surface area contributed by atoms with Crippen molar-refractivity contribution in [2.24, 2.45) is 5.73 Å². The lowest BCUT2D eigenvalue weighted by atomic mass is 10.1. The summed E-state index contributed by atoms with van der Waals surface area (Å²) in [5.74, 6) is -0.215. The minimum atomic E-state index is -4.35. The van der Waals surface area contributed by atoms with Gasteiger partial charge in [0.05, 0.1) is 25.4 Å². The molecule has 0 saturated heterocycles. The van der Waals surface area contributed by atoms with Crippen molar-refractivity contribution in [1.82, 2.24) is 5.32 Å². The molecule has 0 aromatic carbocycles. The van der Waals surface area contributed by atoms with Gasteiger partial charge in [-0.1, -0.05) is 152 Å². The third kappa shape index (κ3) is 36.6. The van der Waals surface area contributed by atoms with Crippen LogP contribution in [0.15, 0.2) is 48.6 Å². The summed E-state index contributed by atoms with van der Waals surface area (Å²) in [5, 5.41) is 13.6. The molecule has 3 atom stereocenters. The van der Waals surface area contributed by atoms with Crippen LogP contribution in [-0.4, -0.2) is 47.8 Å². The number of allylic oxidation sites excluding steroid dienone is 7. The highest BCUT2D eigenvalue weighted by atomic mass is 31.2. The zero-order valence-electron chi connectivity index (χ0n) is 32.8. The van der Waals surface area contributed by atoms with E-state index in [-0.39, 0.29) is 25.7 Å². The molecule has 8 nitrogen and oxygen atoms in total. The molecular weight excluding hydrogens is 659 g/mol. The predicted molar refractivity (Wildman–Crippen MR) is 217 cm³/mol. The fourth-order valence-electron chi connectivity index (χ4n) is 5.69. The van der Waals surface area contributed by atoms with Gasteiger partial charge in [-0.3, -0.25) is 13.8 Å². The second kappa shape index (κ2) is 38.2. The molecule has 1 amide bonds. The molecule has 5 N–H and O–H groups in total. The van der Waals surface area contributed by atoms with Gasteiger partial charge in [-0.25, -0.2) is 4.57 Å². The van der Waals surface area contributed by atoms with Gasteiger partial charge < -0.3 is 21.1 Å². The van der Waals surface area contributed by atoms with Crippen molar-refractivity contribution < 1.29 is 28.4 Å². The Labute approximate surface area is 313 Å². The minimum Gasteiger partial charge on any atom is -0.387 e. The normalized spacial score (nSPS) is 14.7. The number of rotatable bonds is 38. The number of aliphatic hydroxyl groups excluding tert-OH is 1. The number of carbonyl (C=O) groups excluding carboxylic acids is 1. The van der Waals surface area contributed by atoms with Gasteiger partial charge in [0.1, 0.15) is 0 Å². The summed E-state index contributed by atoms with van der Waals surface area (Å²) in [6, 6.07) is -0.885. The van der Waals surface area contributed by atoms with Gasteiger partial charge in [0.25, 0.3) is 0 Å². The molecule has 0 spiro atoms. The summed E-state index contributed by atoms with van der Waals surface area (Å²) in [6.07, 6.45) is 45.9. The number of hydrogen-bond donors (Lipinski definition) is 4. The number of phosphoric ester groups is 1. The van der Waals surface area contributed by atoms with Crippen LogP contribution in [0.5, 0.6) is 0 Å².